The highest BCUT2D eigenvalue weighted by molar-refractivity contribution is 6.03. The number of nitrogens with zero attached hydrogens (tertiary/aromatic N) is 2. The van der Waals surface area contributed by atoms with Gasteiger partial charge in [-0.25, -0.2) is 9.59 Å². The molecule has 138 valence electrons. The summed E-state index contributed by atoms with van der Waals surface area (Å²) >= 11 is 0. The lowest BCUT2D eigenvalue weighted by Gasteiger charge is -2.28. The van der Waals surface area contributed by atoms with Gasteiger partial charge in [-0.3, -0.25) is 0 Å². The third-order valence-electron chi connectivity index (χ3n) is 3.95. The van der Waals surface area contributed by atoms with E-state index in [1.54, 1.807) is 4.90 Å². The average Bonchev–Trinajstić information content (AvgIpc) is 2.73. The normalized spacial score (nSPS) is 13.9. The Labute approximate surface area is 144 Å². The number of aliphatic hydroxyl groups is 3. The number of carboxylic acid groups (broad SMARTS) is 1. The Bertz CT molecular complexity index is 629. The van der Waals surface area contributed by atoms with Gasteiger partial charge in [-0.1, -0.05) is 0 Å². The summed E-state index contributed by atoms with van der Waals surface area (Å²) in [7, 11) is 0. The highest BCUT2D eigenvalue weighted by Crippen LogP contribution is 2.32. The number of rotatable bonds is 8. The van der Waals surface area contributed by atoms with Crippen LogP contribution in [0.4, 0.5) is 11.4 Å². The summed E-state index contributed by atoms with van der Waals surface area (Å²) in [5, 5.41) is 37.2. The average molecular weight is 354 g/mol. The van der Waals surface area contributed by atoms with Gasteiger partial charge in [0.15, 0.2) is 0 Å². The molecule has 0 amide bonds. The van der Waals surface area contributed by atoms with E-state index < -0.39 is 11.9 Å². The molecule has 0 aromatic heterocycles. The number of cyclic esters (lactones) is 1. The lowest BCUT2D eigenvalue weighted by atomic mass is 10.0. The number of carboxylic acids is 1. The van der Waals surface area contributed by atoms with Gasteiger partial charge in [0.25, 0.3) is 0 Å². The van der Waals surface area contributed by atoms with Gasteiger partial charge in [-0.05, 0) is 12.1 Å². The predicted octanol–water partition coefficient (Wildman–Crippen LogP) is -0.855. The van der Waals surface area contributed by atoms with Gasteiger partial charge in [0.1, 0.15) is 6.61 Å². The maximum Gasteiger partial charge on any atom is 0.340 e. The van der Waals surface area contributed by atoms with E-state index in [9.17, 15) is 30.0 Å². The first-order valence-electron chi connectivity index (χ1n) is 7.94. The van der Waals surface area contributed by atoms with Crippen LogP contribution < -0.4 is 9.80 Å². The first kappa shape index (κ1) is 19.0. The Hall–Kier alpha value is -2.36. The quantitative estimate of drug-likeness (QED) is 0.441. The Morgan fingerprint density at radius 3 is 2.40 bits per heavy atom. The number of carbonyl (C=O) groups is 2. The maximum absolute atomic E-state index is 12.3. The van der Waals surface area contributed by atoms with Gasteiger partial charge in [0, 0.05) is 19.6 Å². The molecule has 4 N–H and O–H groups in total. The van der Waals surface area contributed by atoms with Crippen LogP contribution in [0.25, 0.3) is 0 Å². The number of fused-ring (bicyclic) bond motifs is 1. The molecule has 0 unspecified atom stereocenters. The summed E-state index contributed by atoms with van der Waals surface area (Å²) in [5.41, 5.74) is 0.730. The van der Waals surface area contributed by atoms with E-state index in [-0.39, 0.29) is 62.9 Å². The van der Waals surface area contributed by atoms with Gasteiger partial charge in [-0.2, -0.15) is 0 Å². The molecule has 9 nitrogen and oxygen atoms in total. The minimum atomic E-state index is -1.19. The van der Waals surface area contributed by atoms with Crippen LogP contribution in [0.2, 0.25) is 0 Å². The van der Waals surface area contributed by atoms with E-state index in [4.69, 9.17) is 4.74 Å². The number of anilines is 2. The number of ether oxygens (including phenoxy) is 1. The lowest BCUT2D eigenvalue weighted by Crippen LogP contribution is -2.32. The molecule has 1 aliphatic heterocycles. The molecule has 0 fully saturated rings. The van der Waals surface area contributed by atoms with E-state index in [0.29, 0.717) is 12.2 Å². The number of aromatic carboxylic acids is 1. The summed E-state index contributed by atoms with van der Waals surface area (Å²) in [6.07, 6.45) is 0. The number of hydrogen-bond acceptors (Lipinski definition) is 8. The van der Waals surface area contributed by atoms with E-state index in [2.05, 4.69) is 0 Å². The third-order valence-corrected chi connectivity index (χ3v) is 3.95. The fourth-order valence-electron chi connectivity index (χ4n) is 2.83. The highest BCUT2D eigenvalue weighted by Gasteiger charge is 2.27. The van der Waals surface area contributed by atoms with Crippen molar-refractivity contribution in [2.24, 2.45) is 0 Å². The lowest BCUT2D eigenvalue weighted by molar-refractivity contribution is 0.0525. The predicted molar refractivity (Wildman–Crippen MR) is 89.4 cm³/mol. The third kappa shape index (κ3) is 4.19. The highest BCUT2D eigenvalue weighted by atomic mass is 16.5. The van der Waals surface area contributed by atoms with Crippen LogP contribution in [0.3, 0.4) is 0 Å². The second kappa shape index (κ2) is 8.65. The second-order valence-electron chi connectivity index (χ2n) is 5.47. The molecule has 0 aliphatic carbocycles. The number of esters is 1. The van der Waals surface area contributed by atoms with Crippen LogP contribution in [0.5, 0.6) is 0 Å². The van der Waals surface area contributed by atoms with Crippen molar-refractivity contribution in [2.75, 3.05) is 62.4 Å². The molecule has 0 spiro atoms. The molecule has 0 bridgehead atoms. The molecule has 0 saturated heterocycles. The van der Waals surface area contributed by atoms with Crippen molar-refractivity contribution in [1.29, 1.82) is 0 Å². The SMILES string of the molecule is O=C(O)c1cc2c(cc1N(CCO)CCO)C(=O)OCCN2CCO. The second-order valence-corrected chi connectivity index (χ2v) is 5.47. The fourth-order valence-corrected chi connectivity index (χ4v) is 2.83. The number of carbonyl (C=O) groups excluding carboxylic acids is 1. The first-order chi connectivity index (χ1) is 12.0. The van der Waals surface area contributed by atoms with Crippen molar-refractivity contribution in [3.05, 3.63) is 23.3 Å². The molecule has 0 radical (unpaired) electrons. The molecule has 1 aromatic carbocycles. The molecular formula is C16H22N2O7. The van der Waals surface area contributed by atoms with E-state index >= 15 is 0 Å². The van der Waals surface area contributed by atoms with Crippen molar-refractivity contribution >= 4 is 23.3 Å². The van der Waals surface area contributed by atoms with Crippen molar-refractivity contribution < 1.29 is 34.8 Å². The van der Waals surface area contributed by atoms with Crippen LogP contribution in [-0.2, 0) is 4.74 Å². The molecule has 2 rings (SSSR count). The monoisotopic (exact) mass is 354 g/mol. The fraction of sp³-hybridized carbons (Fsp3) is 0.500. The zero-order valence-electron chi connectivity index (χ0n) is 13.7. The van der Waals surface area contributed by atoms with Crippen LogP contribution in [0, 0.1) is 0 Å². The van der Waals surface area contributed by atoms with E-state index in [0.717, 1.165) is 0 Å². The van der Waals surface area contributed by atoms with Crippen LogP contribution in [-0.4, -0.2) is 85.0 Å². The summed E-state index contributed by atoms with van der Waals surface area (Å²) in [6.45, 7) is 0.285. The van der Waals surface area contributed by atoms with Crippen molar-refractivity contribution in [2.45, 2.75) is 0 Å². The van der Waals surface area contributed by atoms with Gasteiger partial charge in [0.05, 0.1) is 48.9 Å². The first-order valence-corrected chi connectivity index (χ1v) is 7.94. The molecule has 1 heterocycles. The van der Waals surface area contributed by atoms with Crippen molar-refractivity contribution in [1.82, 2.24) is 0 Å². The van der Waals surface area contributed by atoms with Gasteiger partial charge >= 0.3 is 11.9 Å². The van der Waals surface area contributed by atoms with E-state index in [1.165, 1.54) is 17.0 Å². The van der Waals surface area contributed by atoms with Crippen LogP contribution >= 0.6 is 0 Å². The molecule has 0 saturated carbocycles. The van der Waals surface area contributed by atoms with Gasteiger partial charge in [-0.15, -0.1) is 0 Å². The standard InChI is InChI=1S/C16H22N2O7/c19-5-1-17(2-6-20)13-10-12-14(9-11(13)15(22)23)18(3-7-21)4-8-25-16(12)24/h9-10,19-21H,1-8H2,(H,22,23). The number of benzene rings is 1. The van der Waals surface area contributed by atoms with Crippen molar-refractivity contribution in [3.8, 4) is 0 Å². The van der Waals surface area contributed by atoms with Crippen LogP contribution in [0.1, 0.15) is 20.7 Å². The Balaban J connectivity index is 2.61. The molecule has 1 aromatic rings. The number of hydrogen-bond donors (Lipinski definition) is 4. The van der Waals surface area contributed by atoms with Crippen LogP contribution in [0.15, 0.2) is 12.1 Å². The Kier molecular flexibility index (Phi) is 6.57. The Morgan fingerprint density at radius 1 is 1.16 bits per heavy atom. The summed E-state index contributed by atoms with van der Waals surface area (Å²) in [5.74, 6) is -1.78. The molecule has 25 heavy (non-hydrogen) atoms. The molecule has 9 heteroatoms. The zero-order valence-corrected chi connectivity index (χ0v) is 13.7. The minimum absolute atomic E-state index is 0.0571. The molecular weight excluding hydrogens is 332 g/mol. The molecule has 0 atom stereocenters. The zero-order chi connectivity index (χ0) is 18.4. The van der Waals surface area contributed by atoms with Gasteiger partial charge in [0.2, 0.25) is 0 Å². The molecule has 1 aliphatic rings. The summed E-state index contributed by atoms with van der Waals surface area (Å²) in [4.78, 5) is 27.2. The van der Waals surface area contributed by atoms with Gasteiger partial charge < -0.3 is 35.0 Å². The minimum Gasteiger partial charge on any atom is -0.478 e. The smallest absolute Gasteiger partial charge is 0.340 e. The largest absolute Gasteiger partial charge is 0.478 e. The number of β-amino-alcohol motifs (C(OH)–C–C–N with tert-alkyl or cyclic N) is 1. The Morgan fingerprint density at radius 2 is 1.84 bits per heavy atom. The summed E-state index contributed by atoms with van der Waals surface area (Å²) < 4.78 is 5.13. The summed E-state index contributed by atoms with van der Waals surface area (Å²) in [6, 6.07) is 2.78. The van der Waals surface area contributed by atoms with E-state index in [1.807, 2.05) is 0 Å². The topological polar surface area (TPSA) is 131 Å². The van der Waals surface area contributed by atoms with Crippen molar-refractivity contribution in [3.63, 3.8) is 0 Å². The maximum atomic E-state index is 12.3. The number of aliphatic hydroxyl groups excluding tert-OH is 3.